The Kier molecular flexibility index (Phi) is 5.81. The van der Waals surface area contributed by atoms with Gasteiger partial charge in [0.15, 0.2) is 0 Å². The van der Waals surface area contributed by atoms with Crippen molar-refractivity contribution in [2.45, 2.75) is 25.3 Å². The number of rotatable bonds is 5. The van der Waals surface area contributed by atoms with Crippen molar-refractivity contribution in [2.24, 2.45) is 5.16 Å². The van der Waals surface area contributed by atoms with Gasteiger partial charge < -0.3 is 5.32 Å². The molecule has 0 fully saturated rings. The fraction of sp³-hybridized carbons (Fsp3) is 0.182. The van der Waals surface area contributed by atoms with E-state index in [2.05, 4.69) is 10.5 Å². The lowest BCUT2D eigenvalue weighted by molar-refractivity contribution is 0.141. The van der Waals surface area contributed by atoms with Gasteiger partial charge in [-0.2, -0.15) is 0 Å². The molecule has 2 aromatic carbocycles. The number of hydrogen-bond donors (Lipinski definition) is 1. The molecule has 0 bridgehead atoms. The maximum absolute atomic E-state index is 14.0. The number of halogens is 1. The van der Waals surface area contributed by atoms with Crippen LogP contribution in [-0.2, 0) is 10.4 Å². The molecule has 0 aliphatic heterocycles. The molecule has 0 aromatic heterocycles. The first-order chi connectivity index (χ1) is 13.1. The summed E-state index contributed by atoms with van der Waals surface area (Å²) in [5.41, 5.74) is 1.46. The number of nitrogens with one attached hydrogen (secondary N) is 1. The zero-order chi connectivity index (χ0) is 19.1. The normalized spacial score (nSPS) is 18.6. The Bertz CT molecular complexity index is 887. The minimum absolute atomic E-state index is 0.268. The molecule has 3 rings (SSSR count). The molecule has 1 amide bonds. The molecule has 2 aromatic rings. The Balaban J connectivity index is 1.86. The van der Waals surface area contributed by atoms with Crippen molar-refractivity contribution in [2.75, 3.05) is 0 Å². The molecule has 1 aliphatic rings. The van der Waals surface area contributed by atoms with Gasteiger partial charge in [0.25, 0.3) is 0 Å². The largest absolute Gasteiger partial charge is 0.434 e. The van der Waals surface area contributed by atoms with Crippen LogP contribution in [0.5, 0.6) is 0 Å². The lowest BCUT2D eigenvalue weighted by Gasteiger charge is -2.32. The number of amides is 1. The molecular formula is C22H21FN2O2. The Morgan fingerprint density at radius 3 is 2.67 bits per heavy atom. The van der Waals surface area contributed by atoms with Crippen molar-refractivity contribution in [1.82, 2.24) is 5.32 Å². The molecule has 1 unspecified atom stereocenters. The molecular weight excluding hydrogens is 343 g/mol. The molecule has 0 radical (unpaired) electrons. The maximum atomic E-state index is 14.0. The van der Waals surface area contributed by atoms with Gasteiger partial charge >= 0.3 is 6.09 Å². The Hall–Kier alpha value is -3.21. The van der Waals surface area contributed by atoms with Gasteiger partial charge in [-0.15, -0.1) is 0 Å². The van der Waals surface area contributed by atoms with Crippen LogP contribution in [-0.4, -0.2) is 12.3 Å². The summed E-state index contributed by atoms with van der Waals surface area (Å²) < 4.78 is 14.0. The fourth-order valence-electron chi connectivity index (χ4n) is 3.01. The molecule has 0 heterocycles. The predicted octanol–water partition coefficient (Wildman–Crippen LogP) is 5.33. The van der Waals surface area contributed by atoms with Crippen LogP contribution in [0.25, 0.3) is 11.1 Å². The lowest BCUT2D eigenvalue weighted by Crippen LogP contribution is -2.44. The molecule has 27 heavy (non-hydrogen) atoms. The van der Waals surface area contributed by atoms with Crippen molar-refractivity contribution in [1.29, 1.82) is 0 Å². The summed E-state index contributed by atoms with van der Waals surface area (Å²) >= 11 is 0. The maximum Gasteiger partial charge on any atom is 0.434 e. The average molecular weight is 364 g/mol. The van der Waals surface area contributed by atoms with E-state index < -0.39 is 11.6 Å². The van der Waals surface area contributed by atoms with Crippen LogP contribution >= 0.6 is 0 Å². The number of nitrogens with zero attached hydrogens (tertiary/aromatic N) is 1. The number of hydrogen-bond acceptors (Lipinski definition) is 3. The average Bonchev–Trinajstić information content (AvgIpc) is 2.69. The van der Waals surface area contributed by atoms with Crippen molar-refractivity contribution in [3.63, 3.8) is 0 Å². The van der Waals surface area contributed by atoms with Gasteiger partial charge in [-0.3, -0.25) is 4.84 Å². The first-order valence-electron chi connectivity index (χ1n) is 8.85. The highest BCUT2D eigenvalue weighted by molar-refractivity contribution is 5.71. The van der Waals surface area contributed by atoms with Gasteiger partial charge in [-0.25, -0.2) is 9.18 Å². The van der Waals surface area contributed by atoms with E-state index in [-0.39, 0.29) is 5.82 Å². The van der Waals surface area contributed by atoms with Gasteiger partial charge in [0, 0.05) is 11.8 Å². The number of carbonyl (C=O) groups is 1. The van der Waals surface area contributed by atoms with E-state index in [1.807, 2.05) is 55.5 Å². The third-order valence-electron chi connectivity index (χ3n) is 4.37. The number of allylic oxidation sites excluding steroid dienone is 2. The molecule has 4 nitrogen and oxygen atoms in total. The van der Waals surface area contributed by atoms with Crippen LogP contribution in [0.4, 0.5) is 9.18 Å². The van der Waals surface area contributed by atoms with E-state index >= 15 is 0 Å². The van der Waals surface area contributed by atoms with Crippen LogP contribution in [0.2, 0.25) is 0 Å². The Morgan fingerprint density at radius 2 is 2.00 bits per heavy atom. The van der Waals surface area contributed by atoms with Gasteiger partial charge in [-0.05, 0) is 30.0 Å². The molecule has 5 heteroatoms. The third-order valence-corrected chi connectivity index (χ3v) is 4.37. The Labute approximate surface area is 158 Å². The minimum Gasteiger partial charge on any atom is -0.306 e. The van der Waals surface area contributed by atoms with E-state index in [1.54, 1.807) is 18.2 Å². The quantitative estimate of drug-likeness (QED) is 0.443. The van der Waals surface area contributed by atoms with Crippen molar-refractivity contribution >= 4 is 12.3 Å². The van der Waals surface area contributed by atoms with E-state index in [0.29, 0.717) is 18.4 Å². The summed E-state index contributed by atoms with van der Waals surface area (Å²) in [5.74, 6) is -0.268. The number of carbonyl (C=O) groups excluding carboxylic acids is 1. The van der Waals surface area contributed by atoms with Gasteiger partial charge in [0.1, 0.15) is 5.82 Å². The summed E-state index contributed by atoms with van der Waals surface area (Å²) in [6.07, 6.45) is 9.84. The monoisotopic (exact) mass is 364 g/mol. The molecule has 1 N–H and O–H groups in total. The Morgan fingerprint density at radius 1 is 1.22 bits per heavy atom. The summed E-state index contributed by atoms with van der Waals surface area (Å²) in [6.45, 7) is 1.90. The zero-order valence-electron chi connectivity index (χ0n) is 15.1. The first-order valence-corrected chi connectivity index (χ1v) is 8.85. The van der Waals surface area contributed by atoms with Gasteiger partial charge in [0.2, 0.25) is 0 Å². The highest BCUT2D eigenvalue weighted by Crippen LogP contribution is 2.32. The molecule has 1 atom stereocenters. The highest BCUT2D eigenvalue weighted by Gasteiger charge is 2.32. The third kappa shape index (κ3) is 4.31. The summed E-state index contributed by atoms with van der Waals surface area (Å²) in [7, 11) is 0. The van der Waals surface area contributed by atoms with Crippen LogP contribution in [0.3, 0.4) is 0 Å². The second-order valence-corrected chi connectivity index (χ2v) is 6.22. The SMILES string of the molecule is CCC=NOC(=O)NC1(c2ccc(-c3ccccc3F)cc2)C=CC=CC1. The summed E-state index contributed by atoms with van der Waals surface area (Å²) in [6, 6.07) is 14.1. The minimum atomic E-state index is -0.735. The highest BCUT2D eigenvalue weighted by atomic mass is 19.1. The van der Waals surface area contributed by atoms with Crippen LogP contribution in [0.1, 0.15) is 25.3 Å². The molecule has 0 saturated heterocycles. The second kappa shape index (κ2) is 8.45. The zero-order valence-corrected chi connectivity index (χ0v) is 15.1. The number of benzene rings is 2. The number of oxime groups is 1. The van der Waals surface area contributed by atoms with Gasteiger partial charge in [-0.1, -0.05) is 78.8 Å². The van der Waals surface area contributed by atoms with E-state index in [9.17, 15) is 9.18 Å². The van der Waals surface area contributed by atoms with Gasteiger partial charge in [0.05, 0.1) is 5.54 Å². The molecule has 0 spiro atoms. The first kappa shape index (κ1) is 18.6. The van der Waals surface area contributed by atoms with E-state index in [0.717, 1.165) is 11.1 Å². The molecule has 1 aliphatic carbocycles. The van der Waals surface area contributed by atoms with E-state index in [4.69, 9.17) is 4.84 Å². The standard InChI is InChI=1S/C22H21FN2O2/c1-2-16-24-27-21(26)25-22(14-6-3-7-15-22)18-12-10-17(11-13-18)19-8-4-5-9-20(19)23/h3-14,16H,2,15H2,1H3,(H,25,26). The van der Waals surface area contributed by atoms with Crippen molar-refractivity contribution < 1.29 is 14.0 Å². The topological polar surface area (TPSA) is 50.7 Å². The fourth-order valence-corrected chi connectivity index (χ4v) is 3.01. The summed E-state index contributed by atoms with van der Waals surface area (Å²) in [4.78, 5) is 17.0. The molecule has 0 saturated carbocycles. The van der Waals surface area contributed by atoms with Crippen molar-refractivity contribution in [3.8, 4) is 11.1 Å². The second-order valence-electron chi connectivity index (χ2n) is 6.22. The van der Waals surface area contributed by atoms with Crippen molar-refractivity contribution in [3.05, 3.63) is 84.2 Å². The molecule has 138 valence electrons. The van der Waals surface area contributed by atoms with E-state index in [1.165, 1.54) is 12.3 Å². The van der Waals surface area contributed by atoms with Crippen LogP contribution < -0.4 is 5.32 Å². The van der Waals surface area contributed by atoms with Crippen LogP contribution in [0, 0.1) is 5.82 Å². The van der Waals surface area contributed by atoms with Crippen LogP contribution in [0.15, 0.2) is 78.0 Å². The predicted molar refractivity (Wildman–Crippen MR) is 105 cm³/mol. The lowest BCUT2D eigenvalue weighted by atomic mass is 9.83. The smallest absolute Gasteiger partial charge is 0.306 e. The summed E-state index contributed by atoms with van der Waals surface area (Å²) in [5, 5.41) is 6.51.